The van der Waals surface area contributed by atoms with Gasteiger partial charge in [0.1, 0.15) is 10.6 Å². The van der Waals surface area contributed by atoms with E-state index in [-0.39, 0.29) is 0 Å². The van der Waals surface area contributed by atoms with Gasteiger partial charge >= 0.3 is 0 Å². The molecule has 9 aromatic rings. The van der Waals surface area contributed by atoms with Crippen molar-refractivity contribution in [3.05, 3.63) is 133 Å². The number of fused-ring (bicyclic) bond motifs is 8. The fourth-order valence-corrected chi connectivity index (χ4v) is 8.33. The van der Waals surface area contributed by atoms with Crippen LogP contribution in [0.15, 0.2) is 138 Å². The van der Waals surface area contributed by atoms with Crippen LogP contribution < -0.4 is 4.90 Å². The van der Waals surface area contributed by atoms with Crippen molar-refractivity contribution in [2.45, 2.75) is 0 Å². The van der Waals surface area contributed by atoms with Gasteiger partial charge in [-0.1, -0.05) is 84.9 Å². The molecular formula is C37H22N2OS2. The number of aromatic nitrogens is 1. The van der Waals surface area contributed by atoms with Crippen molar-refractivity contribution in [1.29, 1.82) is 0 Å². The van der Waals surface area contributed by atoms with E-state index < -0.39 is 0 Å². The summed E-state index contributed by atoms with van der Waals surface area (Å²) in [4.78, 5) is 7.31. The maximum atomic E-state index is 6.49. The zero-order valence-electron chi connectivity index (χ0n) is 22.3. The monoisotopic (exact) mass is 574 g/mol. The first-order valence-corrected chi connectivity index (χ1v) is 15.5. The minimum Gasteiger partial charge on any atom is -0.454 e. The number of anilines is 3. The molecule has 0 atom stereocenters. The van der Waals surface area contributed by atoms with E-state index in [0.29, 0.717) is 0 Å². The molecule has 0 saturated heterocycles. The van der Waals surface area contributed by atoms with E-state index in [1.807, 2.05) is 29.5 Å². The zero-order chi connectivity index (χ0) is 27.6. The van der Waals surface area contributed by atoms with Gasteiger partial charge in [-0.25, -0.2) is 4.98 Å². The molecule has 3 heterocycles. The topological polar surface area (TPSA) is 29.3 Å². The number of thiophene rings is 1. The number of thiazole rings is 1. The second kappa shape index (κ2) is 9.28. The fourth-order valence-electron chi connectivity index (χ4n) is 5.99. The molecule has 5 heteroatoms. The first-order chi connectivity index (χ1) is 20.8. The van der Waals surface area contributed by atoms with Crippen LogP contribution in [0, 0.1) is 0 Å². The van der Waals surface area contributed by atoms with Crippen LogP contribution in [0.3, 0.4) is 0 Å². The lowest BCUT2D eigenvalue weighted by molar-refractivity contribution is 0.669. The number of nitrogens with zero attached hydrogens (tertiary/aromatic N) is 2. The van der Waals surface area contributed by atoms with Gasteiger partial charge in [-0.3, -0.25) is 0 Å². The van der Waals surface area contributed by atoms with Gasteiger partial charge in [0.25, 0.3) is 0 Å². The average Bonchev–Trinajstić information content (AvgIpc) is 3.75. The first kappa shape index (κ1) is 23.7. The highest BCUT2D eigenvalue weighted by atomic mass is 32.1. The molecular weight excluding hydrogens is 553 g/mol. The Balaban J connectivity index is 1.26. The van der Waals surface area contributed by atoms with Crippen LogP contribution in [0.25, 0.3) is 62.9 Å². The molecule has 0 aliphatic rings. The Labute approximate surface area is 249 Å². The Morgan fingerprint density at radius 1 is 0.571 bits per heavy atom. The van der Waals surface area contributed by atoms with E-state index in [1.165, 1.54) is 24.9 Å². The molecule has 0 aliphatic heterocycles. The van der Waals surface area contributed by atoms with Crippen molar-refractivity contribution < 1.29 is 4.42 Å². The SMILES string of the molecule is c1ccc(-c2nc3ccc4sc5cc(N(c6ccccc6)c6cccc7c6oc6ccccc67)ccc5c4c3s2)cc1. The molecule has 3 aromatic heterocycles. The predicted molar refractivity (Wildman–Crippen MR) is 180 cm³/mol. The van der Waals surface area contributed by atoms with Gasteiger partial charge in [-0.2, -0.15) is 0 Å². The Morgan fingerprint density at radius 3 is 2.24 bits per heavy atom. The number of furan rings is 1. The van der Waals surface area contributed by atoms with Crippen molar-refractivity contribution in [3.8, 4) is 10.6 Å². The smallest absolute Gasteiger partial charge is 0.159 e. The highest BCUT2D eigenvalue weighted by Gasteiger charge is 2.21. The van der Waals surface area contributed by atoms with Crippen LogP contribution in [0.4, 0.5) is 17.1 Å². The molecule has 0 N–H and O–H groups in total. The summed E-state index contributed by atoms with van der Waals surface area (Å²) in [5, 5.41) is 5.87. The number of hydrogen-bond donors (Lipinski definition) is 0. The first-order valence-electron chi connectivity index (χ1n) is 13.9. The number of hydrogen-bond acceptors (Lipinski definition) is 5. The van der Waals surface area contributed by atoms with Crippen LogP contribution in [-0.4, -0.2) is 4.98 Å². The summed E-state index contributed by atoms with van der Waals surface area (Å²) in [6.45, 7) is 0. The minimum atomic E-state index is 0.888. The molecule has 0 bridgehead atoms. The molecule has 3 nitrogen and oxygen atoms in total. The van der Waals surface area contributed by atoms with E-state index in [2.05, 4.69) is 120 Å². The van der Waals surface area contributed by atoms with Crippen LogP contribution in [0.5, 0.6) is 0 Å². The standard InChI is InChI=1S/C37H22N2OS2/c1-3-10-23(11-4-1)37-38-29-20-21-32-34(36(29)42-37)28-19-18-25(22-33(28)41-32)39(24-12-5-2-6-13-24)30-16-9-15-27-26-14-7-8-17-31(26)40-35(27)30/h1-22H. The van der Waals surface area contributed by atoms with E-state index in [1.54, 1.807) is 11.3 Å². The summed E-state index contributed by atoms with van der Waals surface area (Å²) in [5.74, 6) is 0. The maximum absolute atomic E-state index is 6.49. The quantitative estimate of drug-likeness (QED) is 0.209. The van der Waals surface area contributed by atoms with Crippen molar-refractivity contribution >= 4 is 92.1 Å². The normalized spacial score (nSPS) is 11.8. The number of para-hydroxylation sites is 3. The van der Waals surface area contributed by atoms with Crippen LogP contribution in [-0.2, 0) is 0 Å². The number of rotatable bonds is 4. The highest BCUT2D eigenvalue weighted by Crippen LogP contribution is 2.46. The van der Waals surface area contributed by atoms with Crippen molar-refractivity contribution in [2.24, 2.45) is 0 Å². The van der Waals surface area contributed by atoms with Gasteiger partial charge in [-0.05, 0) is 48.5 Å². The Kier molecular flexibility index (Phi) is 5.24. The van der Waals surface area contributed by atoms with E-state index >= 15 is 0 Å². The zero-order valence-corrected chi connectivity index (χ0v) is 24.0. The van der Waals surface area contributed by atoms with E-state index in [9.17, 15) is 0 Å². The third-order valence-corrected chi connectivity index (χ3v) is 10.1. The molecule has 42 heavy (non-hydrogen) atoms. The molecule has 0 aliphatic carbocycles. The lowest BCUT2D eigenvalue weighted by Crippen LogP contribution is -2.09. The molecule has 0 amide bonds. The molecule has 0 fully saturated rings. The molecule has 198 valence electrons. The number of benzene rings is 6. The summed E-state index contributed by atoms with van der Waals surface area (Å²) in [7, 11) is 0. The van der Waals surface area contributed by atoms with E-state index in [0.717, 1.165) is 55.1 Å². The molecule has 9 rings (SSSR count). The van der Waals surface area contributed by atoms with Crippen molar-refractivity contribution in [3.63, 3.8) is 0 Å². The second-order valence-corrected chi connectivity index (χ2v) is 12.5. The third-order valence-electron chi connectivity index (χ3n) is 7.89. The Bertz CT molecular complexity index is 2420. The minimum absolute atomic E-state index is 0.888. The Morgan fingerprint density at radius 2 is 1.36 bits per heavy atom. The summed E-state index contributed by atoms with van der Waals surface area (Å²) in [6, 6.07) is 46.9. The van der Waals surface area contributed by atoms with Gasteiger partial charge in [0.2, 0.25) is 0 Å². The van der Waals surface area contributed by atoms with Crippen LogP contribution in [0.2, 0.25) is 0 Å². The van der Waals surface area contributed by atoms with Gasteiger partial charge < -0.3 is 9.32 Å². The average molecular weight is 575 g/mol. The largest absolute Gasteiger partial charge is 0.454 e. The second-order valence-electron chi connectivity index (χ2n) is 10.4. The van der Waals surface area contributed by atoms with Crippen molar-refractivity contribution in [2.75, 3.05) is 4.90 Å². The Hall–Kier alpha value is -4.97. The van der Waals surface area contributed by atoms with Crippen LogP contribution in [0.1, 0.15) is 0 Å². The lowest BCUT2D eigenvalue weighted by Gasteiger charge is -2.25. The van der Waals surface area contributed by atoms with E-state index in [4.69, 9.17) is 9.40 Å². The predicted octanol–water partition coefficient (Wildman–Crippen LogP) is 11.7. The third kappa shape index (κ3) is 3.61. The van der Waals surface area contributed by atoms with Gasteiger partial charge in [0, 0.05) is 47.9 Å². The summed E-state index contributed by atoms with van der Waals surface area (Å²) in [5.41, 5.74) is 7.20. The molecule has 0 saturated carbocycles. The maximum Gasteiger partial charge on any atom is 0.159 e. The molecule has 0 unspecified atom stereocenters. The summed E-state index contributed by atoms with van der Waals surface area (Å²) >= 11 is 3.62. The summed E-state index contributed by atoms with van der Waals surface area (Å²) in [6.07, 6.45) is 0. The van der Waals surface area contributed by atoms with Crippen molar-refractivity contribution in [1.82, 2.24) is 4.98 Å². The molecule has 0 radical (unpaired) electrons. The van der Waals surface area contributed by atoms with Gasteiger partial charge in [0.15, 0.2) is 5.58 Å². The highest BCUT2D eigenvalue weighted by molar-refractivity contribution is 7.28. The fraction of sp³-hybridized carbons (Fsp3) is 0. The van der Waals surface area contributed by atoms with Gasteiger partial charge in [-0.15, -0.1) is 22.7 Å². The molecule has 0 spiro atoms. The summed E-state index contributed by atoms with van der Waals surface area (Å²) < 4.78 is 10.3. The molecule has 6 aromatic carbocycles. The lowest BCUT2D eigenvalue weighted by atomic mass is 10.1. The van der Waals surface area contributed by atoms with Gasteiger partial charge in [0.05, 0.1) is 15.9 Å². The van der Waals surface area contributed by atoms with Crippen LogP contribution >= 0.6 is 22.7 Å².